The summed E-state index contributed by atoms with van der Waals surface area (Å²) in [6.07, 6.45) is 1.26. The van der Waals surface area contributed by atoms with Crippen molar-refractivity contribution in [3.8, 4) is 0 Å². The fraction of sp³-hybridized carbons (Fsp3) is 0.0667. The second-order valence-electron chi connectivity index (χ2n) is 4.18. The van der Waals surface area contributed by atoms with Crippen molar-refractivity contribution in [3.63, 3.8) is 0 Å². The van der Waals surface area contributed by atoms with Gasteiger partial charge in [0.2, 0.25) is 0 Å². The van der Waals surface area contributed by atoms with Gasteiger partial charge in [0.25, 0.3) is 5.70 Å². The maximum absolute atomic E-state index is 13.6. The molecule has 0 radical (unpaired) electrons. The van der Waals surface area contributed by atoms with Crippen LogP contribution < -0.4 is 0 Å². The molecule has 0 aliphatic heterocycles. The topological polar surface area (TPSA) is 43.1 Å². The van der Waals surface area contributed by atoms with Crippen LogP contribution in [0, 0.1) is 22.9 Å². The van der Waals surface area contributed by atoms with E-state index < -0.39 is 10.7 Å². The molecule has 96 valence electrons. The van der Waals surface area contributed by atoms with Crippen molar-refractivity contribution < 1.29 is 9.31 Å². The lowest BCUT2D eigenvalue weighted by Gasteiger charge is -2.01. The van der Waals surface area contributed by atoms with Crippen LogP contribution in [0.25, 0.3) is 11.8 Å². The first-order valence-corrected chi connectivity index (χ1v) is 5.75. The Bertz CT molecular complexity index is 636. The van der Waals surface area contributed by atoms with Crippen LogP contribution >= 0.6 is 0 Å². The highest BCUT2D eigenvalue weighted by atomic mass is 19.1. The highest BCUT2D eigenvalue weighted by molar-refractivity contribution is 5.76. The third kappa shape index (κ3) is 3.04. The van der Waals surface area contributed by atoms with Crippen molar-refractivity contribution in [1.29, 1.82) is 0 Å². The largest absolute Gasteiger partial charge is 0.277 e. The van der Waals surface area contributed by atoms with Gasteiger partial charge in [-0.25, -0.2) is 4.39 Å². The Balaban J connectivity index is 2.54. The predicted octanol–water partition coefficient (Wildman–Crippen LogP) is 3.91. The molecule has 0 fully saturated rings. The van der Waals surface area contributed by atoms with Gasteiger partial charge >= 0.3 is 0 Å². The van der Waals surface area contributed by atoms with Gasteiger partial charge < -0.3 is 0 Å². The molecule has 0 saturated carbocycles. The zero-order chi connectivity index (χ0) is 13.8. The minimum Gasteiger partial charge on any atom is -0.258 e. The Kier molecular flexibility index (Phi) is 3.71. The number of aryl methyl sites for hydroxylation is 1. The molecule has 0 amide bonds. The summed E-state index contributed by atoms with van der Waals surface area (Å²) in [5.74, 6) is -0.471. The van der Waals surface area contributed by atoms with Crippen LogP contribution in [-0.2, 0) is 0 Å². The maximum atomic E-state index is 13.6. The van der Waals surface area contributed by atoms with Crippen molar-refractivity contribution in [1.82, 2.24) is 0 Å². The van der Waals surface area contributed by atoms with E-state index in [4.69, 9.17) is 0 Å². The molecule has 2 rings (SSSR count). The van der Waals surface area contributed by atoms with E-state index in [1.165, 1.54) is 12.1 Å². The summed E-state index contributed by atoms with van der Waals surface area (Å²) in [7, 11) is 0. The van der Waals surface area contributed by atoms with Crippen LogP contribution in [0.5, 0.6) is 0 Å². The Morgan fingerprint density at radius 1 is 1.21 bits per heavy atom. The molecule has 0 aliphatic rings. The number of halogens is 1. The summed E-state index contributed by atoms with van der Waals surface area (Å²) in [5.41, 5.74) is 1.40. The van der Waals surface area contributed by atoms with Crippen LogP contribution in [0.3, 0.4) is 0 Å². The van der Waals surface area contributed by atoms with Crippen LogP contribution in [0.15, 0.2) is 48.5 Å². The number of benzene rings is 2. The molecule has 0 spiro atoms. The van der Waals surface area contributed by atoms with Crippen LogP contribution in [-0.4, -0.2) is 4.92 Å². The summed E-state index contributed by atoms with van der Waals surface area (Å²) < 4.78 is 13.6. The minimum absolute atomic E-state index is 0.120. The zero-order valence-electron chi connectivity index (χ0n) is 10.3. The molecule has 0 aliphatic carbocycles. The second-order valence-corrected chi connectivity index (χ2v) is 4.18. The molecule has 4 heteroatoms. The highest BCUT2D eigenvalue weighted by Crippen LogP contribution is 2.21. The van der Waals surface area contributed by atoms with Gasteiger partial charge in [0.1, 0.15) is 5.82 Å². The molecule has 0 unspecified atom stereocenters. The van der Waals surface area contributed by atoms with Crippen LogP contribution in [0.4, 0.5) is 4.39 Å². The van der Waals surface area contributed by atoms with E-state index in [2.05, 4.69) is 0 Å². The molecule has 2 aromatic rings. The first kappa shape index (κ1) is 13.0. The molecule has 0 bridgehead atoms. The highest BCUT2D eigenvalue weighted by Gasteiger charge is 2.14. The van der Waals surface area contributed by atoms with Gasteiger partial charge in [-0.15, -0.1) is 0 Å². The molecule has 2 aromatic carbocycles. The van der Waals surface area contributed by atoms with Gasteiger partial charge in [0.05, 0.1) is 10.5 Å². The van der Waals surface area contributed by atoms with E-state index in [9.17, 15) is 14.5 Å². The van der Waals surface area contributed by atoms with E-state index in [-0.39, 0.29) is 11.3 Å². The molecule has 3 nitrogen and oxygen atoms in total. The van der Waals surface area contributed by atoms with Crippen molar-refractivity contribution in [2.75, 3.05) is 0 Å². The third-order valence-electron chi connectivity index (χ3n) is 2.71. The second kappa shape index (κ2) is 5.44. The number of nitrogens with zero attached hydrogens (tertiary/aromatic N) is 1. The van der Waals surface area contributed by atoms with Gasteiger partial charge in [-0.05, 0) is 31.2 Å². The van der Waals surface area contributed by atoms with Gasteiger partial charge in [-0.1, -0.05) is 29.8 Å². The predicted molar refractivity (Wildman–Crippen MR) is 72.4 cm³/mol. The Morgan fingerprint density at radius 2 is 1.89 bits per heavy atom. The normalized spacial score (nSPS) is 11.4. The summed E-state index contributed by atoms with van der Waals surface area (Å²) >= 11 is 0. The molecular weight excluding hydrogens is 245 g/mol. The van der Waals surface area contributed by atoms with Crippen molar-refractivity contribution in [2.24, 2.45) is 0 Å². The molecule has 19 heavy (non-hydrogen) atoms. The van der Waals surface area contributed by atoms with Crippen molar-refractivity contribution in [3.05, 3.63) is 81.2 Å². The number of nitro groups is 1. The summed E-state index contributed by atoms with van der Waals surface area (Å²) in [6.45, 7) is 1.81. The van der Waals surface area contributed by atoms with Crippen molar-refractivity contribution in [2.45, 2.75) is 6.92 Å². The third-order valence-corrected chi connectivity index (χ3v) is 2.71. The molecule has 0 heterocycles. The fourth-order valence-corrected chi connectivity index (χ4v) is 1.77. The van der Waals surface area contributed by atoms with Gasteiger partial charge in [-0.3, -0.25) is 10.1 Å². The lowest BCUT2D eigenvalue weighted by molar-refractivity contribution is -0.374. The van der Waals surface area contributed by atoms with Gasteiger partial charge in [-0.2, -0.15) is 0 Å². The van der Waals surface area contributed by atoms with E-state index in [1.807, 2.05) is 6.92 Å². The standard InChI is InChI=1S/C15H12FNO2/c1-11-7-8-14(16)13(9-11)10-15(17(18)19)12-5-3-2-4-6-12/h2-10H,1H3/b15-10+. The summed E-state index contributed by atoms with van der Waals surface area (Å²) in [6, 6.07) is 13.0. The quantitative estimate of drug-likeness (QED) is 0.475. The first-order chi connectivity index (χ1) is 9.08. The van der Waals surface area contributed by atoms with Gasteiger partial charge in [0, 0.05) is 11.6 Å². The summed E-state index contributed by atoms with van der Waals surface area (Å²) in [4.78, 5) is 10.6. The van der Waals surface area contributed by atoms with E-state index >= 15 is 0 Å². The first-order valence-electron chi connectivity index (χ1n) is 5.75. The smallest absolute Gasteiger partial charge is 0.258 e. The number of hydrogen-bond acceptors (Lipinski definition) is 2. The fourth-order valence-electron chi connectivity index (χ4n) is 1.77. The molecule has 0 N–H and O–H groups in total. The minimum atomic E-state index is -0.503. The monoisotopic (exact) mass is 257 g/mol. The summed E-state index contributed by atoms with van der Waals surface area (Å²) in [5, 5.41) is 11.1. The lowest BCUT2D eigenvalue weighted by atomic mass is 10.1. The van der Waals surface area contributed by atoms with E-state index in [0.717, 1.165) is 5.56 Å². The molecule has 0 atom stereocenters. The van der Waals surface area contributed by atoms with Crippen molar-refractivity contribution >= 4 is 11.8 Å². The molecular formula is C15H12FNO2. The zero-order valence-corrected chi connectivity index (χ0v) is 10.3. The Labute approximate surface area is 110 Å². The van der Waals surface area contributed by atoms with E-state index in [0.29, 0.717) is 5.56 Å². The average molecular weight is 257 g/mol. The van der Waals surface area contributed by atoms with E-state index in [1.54, 1.807) is 42.5 Å². The van der Waals surface area contributed by atoms with Gasteiger partial charge in [0.15, 0.2) is 0 Å². The van der Waals surface area contributed by atoms with Crippen LogP contribution in [0.1, 0.15) is 16.7 Å². The maximum Gasteiger partial charge on any atom is 0.277 e. The molecule has 0 aromatic heterocycles. The Hall–Kier alpha value is -2.49. The average Bonchev–Trinajstić information content (AvgIpc) is 2.40. The number of rotatable bonds is 3. The SMILES string of the molecule is Cc1ccc(F)c(/C=C(\c2ccccc2)[N+](=O)[O-])c1. The lowest BCUT2D eigenvalue weighted by Crippen LogP contribution is -1.98. The van der Waals surface area contributed by atoms with Crippen LogP contribution in [0.2, 0.25) is 0 Å². The number of hydrogen-bond donors (Lipinski definition) is 0. The molecule has 0 saturated heterocycles. The Morgan fingerprint density at radius 3 is 2.53 bits per heavy atom.